The van der Waals surface area contributed by atoms with Crippen molar-refractivity contribution in [3.63, 3.8) is 0 Å². The molecule has 0 N–H and O–H groups in total. The van der Waals surface area contributed by atoms with Crippen LogP contribution in [0.5, 0.6) is 11.5 Å². The van der Waals surface area contributed by atoms with Gasteiger partial charge in [0.1, 0.15) is 23.1 Å². The van der Waals surface area contributed by atoms with Crippen molar-refractivity contribution in [1.82, 2.24) is 0 Å². The van der Waals surface area contributed by atoms with E-state index >= 15 is 0 Å². The van der Waals surface area contributed by atoms with Gasteiger partial charge in [-0.3, -0.25) is 4.79 Å². The van der Waals surface area contributed by atoms with E-state index in [1.165, 1.54) is 20.5 Å². The smallest absolute Gasteiger partial charge is 0.209 e. The van der Waals surface area contributed by atoms with Crippen molar-refractivity contribution in [2.24, 2.45) is 0 Å². The summed E-state index contributed by atoms with van der Waals surface area (Å²) in [5.41, 5.74) is 0.264. The molecule has 0 aliphatic rings. The zero-order valence-corrected chi connectivity index (χ0v) is 15.6. The highest BCUT2D eigenvalue weighted by molar-refractivity contribution is 14.1. The van der Waals surface area contributed by atoms with Gasteiger partial charge in [0, 0.05) is 20.3 Å². The van der Waals surface area contributed by atoms with Crippen LogP contribution in [0.3, 0.4) is 0 Å². The van der Waals surface area contributed by atoms with Crippen LogP contribution < -0.4 is 14.9 Å². The van der Waals surface area contributed by atoms with Crippen LogP contribution >= 0.6 is 45.2 Å². The molecule has 0 atom stereocenters. The Morgan fingerprint density at radius 3 is 2.33 bits per heavy atom. The molecule has 2 rings (SSSR count). The Morgan fingerprint density at radius 2 is 1.71 bits per heavy atom. The topological polar surface area (TPSA) is 67.1 Å². The largest absolute Gasteiger partial charge is 0.466 e. The Kier molecular flexibility index (Phi) is 6.08. The van der Waals surface area contributed by atoms with E-state index in [9.17, 15) is 4.79 Å². The molecule has 21 heavy (non-hydrogen) atoms. The second-order valence-corrected chi connectivity index (χ2v) is 6.15. The van der Waals surface area contributed by atoms with Crippen LogP contribution in [0.15, 0.2) is 21.5 Å². The third-order valence-corrected chi connectivity index (χ3v) is 4.31. The molecular weight excluding hydrogens is 506 g/mol. The van der Waals surface area contributed by atoms with Crippen LogP contribution in [-0.2, 0) is 9.47 Å². The van der Waals surface area contributed by atoms with E-state index in [4.69, 9.17) is 23.4 Å². The van der Waals surface area contributed by atoms with E-state index in [-0.39, 0.29) is 19.0 Å². The summed E-state index contributed by atoms with van der Waals surface area (Å²) in [5.74, 6) is 0.867. The van der Waals surface area contributed by atoms with Crippen LogP contribution in [0.25, 0.3) is 11.0 Å². The van der Waals surface area contributed by atoms with Gasteiger partial charge in [0.05, 0.1) is 7.14 Å². The average Bonchev–Trinajstić information content (AvgIpc) is 2.48. The SMILES string of the molecule is COCOc1cc(OCOC)c2c(=O)c(I)coc2c1I. The van der Waals surface area contributed by atoms with Gasteiger partial charge in [-0.2, -0.15) is 0 Å². The molecule has 1 aromatic carbocycles. The zero-order chi connectivity index (χ0) is 15.4. The minimum atomic E-state index is -0.154. The molecule has 0 fully saturated rings. The van der Waals surface area contributed by atoms with Crippen LogP contribution in [0.4, 0.5) is 0 Å². The number of halogens is 2. The lowest BCUT2D eigenvalue weighted by Gasteiger charge is -2.13. The Labute approximate surface area is 148 Å². The lowest BCUT2D eigenvalue weighted by atomic mass is 10.2. The highest BCUT2D eigenvalue weighted by atomic mass is 127. The fraction of sp³-hybridized carbons (Fsp3) is 0.308. The summed E-state index contributed by atoms with van der Waals surface area (Å²) in [6, 6.07) is 1.63. The molecule has 0 aliphatic carbocycles. The molecule has 0 saturated heterocycles. The summed E-state index contributed by atoms with van der Waals surface area (Å²) >= 11 is 3.98. The van der Waals surface area contributed by atoms with Crippen LogP contribution in [0.2, 0.25) is 0 Å². The molecule has 1 aromatic heterocycles. The van der Waals surface area contributed by atoms with Gasteiger partial charge in [-0.25, -0.2) is 0 Å². The van der Waals surface area contributed by atoms with Gasteiger partial charge in [0.2, 0.25) is 5.43 Å². The summed E-state index contributed by atoms with van der Waals surface area (Å²) in [4.78, 5) is 12.3. The monoisotopic (exact) mass is 518 g/mol. The summed E-state index contributed by atoms with van der Waals surface area (Å²) in [6.45, 7) is 0.101. The molecule has 1 heterocycles. The second-order valence-electron chi connectivity index (χ2n) is 3.91. The van der Waals surface area contributed by atoms with Crippen LogP contribution in [0.1, 0.15) is 0 Å². The van der Waals surface area contributed by atoms with Gasteiger partial charge in [0.25, 0.3) is 0 Å². The van der Waals surface area contributed by atoms with Crippen molar-refractivity contribution >= 4 is 56.2 Å². The molecular formula is C13H12I2O6. The van der Waals surface area contributed by atoms with E-state index in [1.54, 1.807) is 6.07 Å². The van der Waals surface area contributed by atoms with Gasteiger partial charge in [-0.05, 0) is 45.2 Å². The van der Waals surface area contributed by atoms with Crippen molar-refractivity contribution in [2.75, 3.05) is 27.8 Å². The molecule has 0 spiro atoms. The predicted molar refractivity (Wildman–Crippen MR) is 92.9 cm³/mol. The van der Waals surface area contributed by atoms with E-state index in [0.717, 1.165) is 0 Å². The van der Waals surface area contributed by atoms with E-state index in [2.05, 4.69) is 22.6 Å². The molecule has 6 nitrogen and oxygen atoms in total. The number of hydrogen-bond donors (Lipinski definition) is 0. The molecule has 0 saturated carbocycles. The van der Waals surface area contributed by atoms with Crippen LogP contribution in [0, 0.1) is 7.14 Å². The Bertz CT molecular complexity index is 697. The fourth-order valence-corrected chi connectivity index (χ4v) is 2.77. The molecule has 0 aliphatic heterocycles. The standard InChI is InChI=1S/C13H12I2O6/c1-17-5-20-8-3-9(21-6-18-2)11(15)13-10(8)12(16)7(14)4-19-13/h3-4H,5-6H2,1-2H3. The van der Waals surface area contributed by atoms with Gasteiger partial charge in [-0.15, -0.1) is 0 Å². The summed E-state index contributed by atoms with van der Waals surface area (Å²) in [7, 11) is 3.03. The normalized spacial score (nSPS) is 10.9. The number of methoxy groups -OCH3 is 2. The van der Waals surface area contributed by atoms with Crippen molar-refractivity contribution in [2.45, 2.75) is 0 Å². The van der Waals surface area contributed by atoms with Crippen molar-refractivity contribution < 1.29 is 23.4 Å². The fourth-order valence-electron chi connectivity index (χ4n) is 1.66. The first kappa shape index (κ1) is 16.8. The molecule has 0 amide bonds. The van der Waals surface area contributed by atoms with E-state index < -0.39 is 0 Å². The second kappa shape index (κ2) is 7.61. The summed E-state index contributed by atoms with van der Waals surface area (Å²) in [5, 5.41) is 0.369. The third-order valence-electron chi connectivity index (χ3n) is 2.54. The Balaban J connectivity index is 2.67. The molecule has 0 radical (unpaired) electrons. The summed E-state index contributed by atoms with van der Waals surface area (Å²) < 4.78 is 27.4. The number of benzene rings is 1. The number of hydrogen-bond acceptors (Lipinski definition) is 6. The number of ether oxygens (including phenoxy) is 4. The van der Waals surface area contributed by atoms with Crippen molar-refractivity contribution in [3.05, 3.63) is 29.7 Å². The Morgan fingerprint density at radius 1 is 1.10 bits per heavy atom. The van der Waals surface area contributed by atoms with Gasteiger partial charge in [-0.1, -0.05) is 0 Å². The van der Waals surface area contributed by atoms with E-state index in [1.807, 2.05) is 22.6 Å². The maximum atomic E-state index is 12.3. The van der Waals surface area contributed by atoms with Crippen LogP contribution in [-0.4, -0.2) is 27.8 Å². The predicted octanol–water partition coefficient (Wildman–Crippen LogP) is 2.97. The Hall–Kier alpha value is -0.590. The van der Waals surface area contributed by atoms with Gasteiger partial charge >= 0.3 is 0 Å². The average molecular weight is 518 g/mol. The van der Waals surface area contributed by atoms with Crippen molar-refractivity contribution in [3.8, 4) is 11.5 Å². The molecule has 114 valence electrons. The highest BCUT2D eigenvalue weighted by Gasteiger charge is 2.18. The lowest BCUT2D eigenvalue weighted by Crippen LogP contribution is -2.10. The minimum Gasteiger partial charge on any atom is -0.466 e. The van der Waals surface area contributed by atoms with Gasteiger partial charge in [0.15, 0.2) is 19.2 Å². The third kappa shape index (κ3) is 3.60. The highest BCUT2D eigenvalue weighted by Crippen LogP contribution is 2.35. The quantitative estimate of drug-likeness (QED) is 0.433. The zero-order valence-electron chi connectivity index (χ0n) is 11.3. The number of rotatable bonds is 6. The maximum absolute atomic E-state index is 12.3. The van der Waals surface area contributed by atoms with E-state index in [0.29, 0.717) is 29.6 Å². The summed E-state index contributed by atoms with van der Waals surface area (Å²) in [6.07, 6.45) is 1.41. The first-order valence-electron chi connectivity index (χ1n) is 5.77. The molecule has 0 bridgehead atoms. The first-order chi connectivity index (χ1) is 10.1. The van der Waals surface area contributed by atoms with Gasteiger partial charge < -0.3 is 23.4 Å². The lowest BCUT2D eigenvalue weighted by molar-refractivity contribution is 0.0463. The minimum absolute atomic E-state index is 0.0182. The molecule has 2 aromatic rings. The maximum Gasteiger partial charge on any atom is 0.209 e. The molecule has 8 heteroatoms. The number of fused-ring (bicyclic) bond motifs is 1. The first-order valence-corrected chi connectivity index (χ1v) is 7.92. The van der Waals surface area contributed by atoms with Crippen molar-refractivity contribution in [1.29, 1.82) is 0 Å². The molecule has 0 unspecified atom stereocenters.